The van der Waals surface area contributed by atoms with E-state index in [4.69, 9.17) is 15.6 Å². The van der Waals surface area contributed by atoms with Gasteiger partial charge in [-0.1, -0.05) is 12.1 Å². The largest absolute Gasteiger partial charge is 0.493 e. The van der Waals surface area contributed by atoms with Crippen LogP contribution in [0.4, 0.5) is 4.79 Å². The van der Waals surface area contributed by atoms with Crippen molar-refractivity contribution < 1.29 is 24.2 Å². The van der Waals surface area contributed by atoms with E-state index in [-0.39, 0.29) is 19.4 Å². The van der Waals surface area contributed by atoms with Crippen LogP contribution < -0.4 is 15.8 Å². The molecule has 0 saturated carbocycles. The van der Waals surface area contributed by atoms with Gasteiger partial charge in [-0.15, -0.1) is 0 Å². The van der Waals surface area contributed by atoms with Gasteiger partial charge < -0.3 is 15.6 Å². The van der Waals surface area contributed by atoms with Crippen molar-refractivity contribution in [2.45, 2.75) is 12.8 Å². The first-order valence-electron chi connectivity index (χ1n) is 5.50. The van der Waals surface area contributed by atoms with Crippen molar-refractivity contribution in [3.05, 3.63) is 29.8 Å². The molecule has 0 radical (unpaired) electrons. The lowest BCUT2D eigenvalue weighted by atomic mass is 10.1. The number of hydrogen-bond acceptors (Lipinski definition) is 4. The molecule has 7 heteroatoms. The number of carboxylic acid groups (broad SMARTS) is 1. The second-order valence-corrected chi connectivity index (χ2v) is 3.73. The van der Waals surface area contributed by atoms with Crippen LogP contribution in [0.3, 0.4) is 0 Å². The Morgan fingerprint density at radius 1 is 1.32 bits per heavy atom. The fourth-order valence-corrected chi connectivity index (χ4v) is 1.38. The van der Waals surface area contributed by atoms with E-state index in [1.807, 2.05) is 5.32 Å². The molecular formula is C12H14N2O5. The molecule has 3 amide bonds. The highest BCUT2D eigenvalue weighted by atomic mass is 16.5. The van der Waals surface area contributed by atoms with Crippen LogP contribution in [0.1, 0.15) is 12.0 Å². The molecular weight excluding hydrogens is 252 g/mol. The van der Waals surface area contributed by atoms with Crippen LogP contribution in [-0.2, 0) is 16.0 Å². The molecule has 0 bridgehead atoms. The normalized spacial score (nSPS) is 9.68. The SMILES string of the molecule is NC(=O)NC(=O)CCOc1cccc(CC(=O)O)c1. The minimum Gasteiger partial charge on any atom is -0.493 e. The Morgan fingerprint density at radius 2 is 2.05 bits per heavy atom. The van der Waals surface area contributed by atoms with Crippen LogP contribution in [0.15, 0.2) is 24.3 Å². The molecule has 102 valence electrons. The van der Waals surface area contributed by atoms with E-state index >= 15 is 0 Å². The number of ether oxygens (including phenoxy) is 1. The van der Waals surface area contributed by atoms with Crippen molar-refractivity contribution in [3.63, 3.8) is 0 Å². The number of carboxylic acids is 1. The molecule has 0 atom stereocenters. The number of rotatable bonds is 6. The predicted octanol–water partition coefficient (Wildman–Crippen LogP) is 0.277. The highest BCUT2D eigenvalue weighted by molar-refractivity contribution is 5.93. The summed E-state index contributed by atoms with van der Waals surface area (Å²) in [6.07, 6.45) is -0.120. The fourth-order valence-electron chi connectivity index (χ4n) is 1.38. The number of imide groups is 1. The van der Waals surface area contributed by atoms with E-state index in [1.165, 1.54) is 0 Å². The van der Waals surface area contributed by atoms with Gasteiger partial charge in [0.05, 0.1) is 19.4 Å². The smallest absolute Gasteiger partial charge is 0.318 e. The molecule has 4 N–H and O–H groups in total. The summed E-state index contributed by atoms with van der Waals surface area (Å²) in [5.74, 6) is -1.00. The van der Waals surface area contributed by atoms with Crippen molar-refractivity contribution in [3.8, 4) is 5.75 Å². The molecule has 0 aromatic heterocycles. The summed E-state index contributed by atoms with van der Waals surface area (Å²) < 4.78 is 5.27. The van der Waals surface area contributed by atoms with Gasteiger partial charge in [-0.2, -0.15) is 0 Å². The number of urea groups is 1. The topological polar surface area (TPSA) is 119 Å². The van der Waals surface area contributed by atoms with Crippen molar-refractivity contribution in [1.82, 2.24) is 5.32 Å². The Labute approximate surface area is 109 Å². The summed E-state index contributed by atoms with van der Waals surface area (Å²) in [6.45, 7) is 0.0651. The zero-order valence-electron chi connectivity index (χ0n) is 10.1. The predicted molar refractivity (Wildman–Crippen MR) is 65.6 cm³/mol. The Bertz CT molecular complexity index is 487. The zero-order chi connectivity index (χ0) is 14.3. The van der Waals surface area contributed by atoms with Gasteiger partial charge in [0, 0.05) is 0 Å². The number of carbonyl (C=O) groups is 3. The van der Waals surface area contributed by atoms with Crippen LogP contribution in [0.25, 0.3) is 0 Å². The lowest BCUT2D eigenvalue weighted by Crippen LogP contribution is -2.35. The lowest BCUT2D eigenvalue weighted by molar-refractivity contribution is -0.136. The molecule has 0 fully saturated rings. The lowest BCUT2D eigenvalue weighted by Gasteiger charge is -2.07. The van der Waals surface area contributed by atoms with Gasteiger partial charge in [0.1, 0.15) is 5.75 Å². The van der Waals surface area contributed by atoms with Crippen LogP contribution in [0, 0.1) is 0 Å². The van der Waals surface area contributed by atoms with E-state index in [2.05, 4.69) is 0 Å². The standard InChI is InChI=1S/C12H14N2O5/c13-12(18)14-10(15)4-5-19-9-3-1-2-8(6-9)7-11(16)17/h1-3,6H,4-5,7H2,(H,16,17)(H3,13,14,15,18). The van der Waals surface area contributed by atoms with Crippen molar-refractivity contribution in [2.75, 3.05) is 6.61 Å². The van der Waals surface area contributed by atoms with Gasteiger partial charge in [0.15, 0.2) is 0 Å². The number of amides is 3. The van der Waals surface area contributed by atoms with Crippen LogP contribution in [-0.4, -0.2) is 29.6 Å². The molecule has 0 aliphatic rings. The number of hydrogen-bond donors (Lipinski definition) is 3. The molecule has 7 nitrogen and oxygen atoms in total. The van der Waals surface area contributed by atoms with Gasteiger partial charge in [-0.3, -0.25) is 14.9 Å². The van der Waals surface area contributed by atoms with Gasteiger partial charge in [0.25, 0.3) is 0 Å². The third kappa shape index (κ3) is 6.06. The van der Waals surface area contributed by atoms with Crippen molar-refractivity contribution >= 4 is 17.9 Å². The molecule has 1 aromatic carbocycles. The summed E-state index contributed by atoms with van der Waals surface area (Å²) in [7, 11) is 0. The molecule has 1 aromatic rings. The summed E-state index contributed by atoms with van der Waals surface area (Å²) in [4.78, 5) is 32.0. The number of nitrogens with two attached hydrogens (primary N) is 1. The van der Waals surface area contributed by atoms with Gasteiger partial charge >= 0.3 is 12.0 Å². The molecule has 0 saturated heterocycles. The average Bonchev–Trinajstić information content (AvgIpc) is 2.27. The molecule has 0 heterocycles. The van der Waals surface area contributed by atoms with E-state index < -0.39 is 17.9 Å². The minimum atomic E-state index is -0.932. The molecule has 0 aliphatic carbocycles. The van der Waals surface area contributed by atoms with Crippen molar-refractivity contribution in [2.24, 2.45) is 5.73 Å². The molecule has 1 rings (SSSR count). The highest BCUT2D eigenvalue weighted by Crippen LogP contribution is 2.14. The Morgan fingerprint density at radius 3 is 2.68 bits per heavy atom. The van der Waals surface area contributed by atoms with Crippen LogP contribution >= 0.6 is 0 Å². The first kappa shape index (κ1) is 14.5. The highest BCUT2D eigenvalue weighted by Gasteiger charge is 2.05. The number of benzene rings is 1. The van der Waals surface area contributed by atoms with E-state index in [9.17, 15) is 14.4 Å². The fraction of sp³-hybridized carbons (Fsp3) is 0.250. The summed E-state index contributed by atoms with van der Waals surface area (Å²) >= 11 is 0. The maximum atomic E-state index is 11.1. The Balaban J connectivity index is 2.43. The van der Waals surface area contributed by atoms with Crippen LogP contribution in [0.5, 0.6) is 5.75 Å². The number of carbonyl (C=O) groups excluding carboxylic acids is 2. The first-order valence-corrected chi connectivity index (χ1v) is 5.50. The Kier molecular flexibility index (Phi) is 5.34. The Hall–Kier alpha value is -2.57. The maximum Gasteiger partial charge on any atom is 0.318 e. The monoisotopic (exact) mass is 266 g/mol. The number of aliphatic carboxylic acids is 1. The minimum absolute atomic E-state index is 0.0217. The third-order valence-electron chi connectivity index (χ3n) is 2.11. The van der Waals surface area contributed by atoms with E-state index in [1.54, 1.807) is 24.3 Å². The van der Waals surface area contributed by atoms with Crippen molar-refractivity contribution in [1.29, 1.82) is 0 Å². The third-order valence-corrected chi connectivity index (χ3v) is 2.11. The average molecular weight is 266 g/mol. The summed E-state index contributed by atoms with van der Waals surface area (Å²) in [6, 6.07) is 5.66. The summed E-state index contributed by atoms with van der Waals surface area (Å²) in [5, 5.41) is 10.6. The number of primary amides is 1. The second-order valence-electron chi connectivity index (χ2n) is 3.73. The van der Waals surface area contributed by atoms with Crippen LogP contribution in [0.2, 0.25) is 0 Å². The van der Waals surface area contributed by atoms with Gasteiger partial charge in [0.2, 0.25) is 5.91 Å². The van der Waals surface area contributed by atoms with E-state index in [0.717, 1.165) is 0 Å². The molecule has 0 spiro atoms. The van der Waals surface area contributed by atoms with Gasteiger partial charge in [-0.05, 0) is 17.7 Å². The van der Waals surface area contributed by atoms with Gasteiger partial charge in [-0.25, -0.2) is 4.79 Å². The molecule has 0 unspecified atom stereocenters. The first-order chi connectivity index (χ1) is 8.97. The quantitative estimate of drug-likeness (QED) is 0.683. The maximum absolute atomic E-state index is 11.1. The number of nitrogens with one attached hydrogen (secondary N) is 1. The summed E-state index contributed by atoms with van der Waals surface area (Å²) in [5.41, 5.74) is 5.38. The second kappa shape index (κ2) is 7.00. The molecule has 19 heavy (non-hydrogen) atoms. The molecule has 0 aliphatic heterocycles. The van der Waals surface area contributed by atoms with E-state index in [0.29, 0.717) is 11.3 Å². The zero-order valence-corrected chi connectivity index (χ0v) is 10.1.